The van der Waals surface area contributed by atoms with E-state index in [1.54, 1.807) is 32.4 Å². The molecular weight excluding hydrogens is 982 g/mol. The molecule has 4 nitrogen and oxygen atoms in total. The number of hydrogen-bond acceptors (Lipinski definition) is 8. The normalized spacial score (nSPS) is 17.4. The Morgan fingerprint density at radius 3 is 1.05 bits per heavy atom. The van der Waals surface area contributed by atoms with Crippen LogP contribution in [0, 0.1) is 0 Å². The zero-order valence-corrected chi connectivity index (χ0v) is 44.3. The largest absolute Gasteiger partial charge is 0.340 e. The minimum absolute atomic E-state index is 0.565. The number of fused-ring (bicyclic) bond motifs is 10. The van der Waals surface area contributed by atoms with E-state index in [4.69, 9.17) is 18.9 Å². The first-order valence-electron chi connectivity index (χ1n) is 22.4. The minimum atomic E-state index is -2.54. The van der Waals surface area contributed by atoms with Gasteiger partial charge in [0.05, 0.1) is 23.0 Å². The number of ether oxygens (including phenoxy) is 4. The second kappa shape index (κ2) is 20.0. The molecule has 0 N–H and O–H groups in total. The van der Waals surface area contributed by atoms with Crippen LogP contribution in [0.3, 0.4) is 0 Å². The van der Waals surface area contributed by atoms with E-state index in [-0.39, 0.29) is 0 Å². The summed E-state index contributed by atoms with van der Waals surface area (Å²) in [4.78, 5) is 5.75. The van der Waals surface area contributed by atoms with Gasteiger partial charge in [-0.15, -0.1) is 22.7 Å². The molecule has 2 aliphatic heterocycles. The molecule has 10 heteroatoms. The minimum Gasteiger partial charge on any atom is -0.340 e. The molecule has 0 unspecified atom stereocenters. The zero-order chi connectivity index (χ0) is 39.2. The molecule has 2 aliphatic carbocycles. The quantitative estimate of drug-likeness (QED) is 0.0827. The molecule has 4 aromatic heterocycles. The second-order valence-electron chi connectivity index (χ2n) is 16.8. The van der Waals surface area contributed by atoms with Crippen LogP contribution in [-0.2, 0) is 30.5 Å². The van der Waals surface area contributed by atoms with Crippen LogP contribution >= 0.6 is 45.3 Å². The van der Waals surface area contributed by atoms with Crippen molar-refractivity contribution in [1.29, 1.82) is 0 Å². The van der Waals surface area contributed by atoms with E-state index < -0.39 is 48.3 Å². The molecule has 0 amide bonds. The third-order valence-corrected chi connectivity index (χ3v) is 54.0. The summed E-state index contributed by atoms with van der Waals surface area (Å²) >= 11 is 2.92. The van der Waals surface area contributed by atoms with Crippen molar-refractivity contribution in [1.82, 2.24) is 0 Å². The van der Waals surface area contributed by atoms with E-state index >= 15 is 0 Å². The van der Waals surface area contributed by atoms with Gasteiger partial charge in [0, 0.05) is 11.1 Å². The summed E-state index contributed by atoms with van der Waals surface area (Å²) in [5.74, 6) is -1.17. The topological polar surface area (TPSA) is 36.9 Å². The van der Waals surface area contributed by atoms with Gasteiger partial charge in [0.25, 0.3) is 0 Å². The van der Waals surface area contributed by atoms with Crippen molar-refractivity contribution < 1.29 is 18.9 Å². The first-order chi connectivity index (χ1) is 27.4. The van der Waals surface area contributed by atoms with E-state index in [0.717, 1.165) is 13.2 Å². The van der Waals surface area contributed by atoms with Crippen LogP contribution in [0.2, 0.25) is 26.6 Å². The van der Waals surface area contributed by atoms with Gasteiger partial charge in [0.15, 0.2) is 0 Å². The molecular formula is C46H68O4S4Sn2. The van der Waals surface area contributed by atoms with Crippen LogP contribution in [-0.4, -0.2) is 63.2 Å². The molecule has 8 rings (SSSR count). The monoisotopic (exact) mass is 1050 g/mol. The van der Waals surface area contributed by atoms with Gasteiger partial charge in [-0.1, -0.05) is 0 Å². The maximum atomic E-state index is 6.73. The van der Waals surface area contributed by atoms with E-state index in [1.807, 2.05) is 5.79 Å². The summed E-state index contributed by atoms with van der Waals surface area (Å²) in [6.45, 7) is 17.2. The van der Waals surface area contributed by atoms with Gasteiger partial charge < -0.3 is 9.47 Å². The number of unbranched alkanes of at least 4 members (excludes halogenated alkanes) is 6. The zero-order valence-electron chi connectivity index (χ0n) is 35.3. The van der Waals surface area contributed by atoms with Gasteiger partial charge in [0.1, 0.15) is 0 Å². The van der Waals surface area contributed by atoms with Crippen LogP contribution in [0.5, 0.6) is 0 Å². The summed E-state index contributed by atoms with van der Waals surface area (Å²) in [5.41, 5.74) is 5.22. The van der Waals surface area contributed by atoms with E-state index in [1.165, 1.54) is 136 Å². The van der Waals surface area contributed by atoms with Crippen molar-refractivity contribution in [2.75, 3.05) is 26.4 Å². The molecule has 2 saturated heterocycles. The fourth-order valence-corrected chi connectivity index (χ4v) is 52.8. The van der Waals surface area contributed by atoms with Crippen molar-refractivity contribution in [3.05, 3.63) is 57.3 Å². The third-order valence-electron chi connectivity index (χ3n) is 13.1. The van der Waals surface area contributed by atoms with Crippen molar-refractivity contribution >= 4 is 87.9 Å². The van der Waals surface area contributed by atoms with Crippen LogP contribution in [0.15, 0.2) is 35.0 Å². The van der Waals surface area contributed by atoms with Gasteiger partial charge >= 0.3 is 272 Å². The van der Waals surface area contributed by atoms with E-state index in [2.05, 4.69) is 99.2 Å². The standard InChI is InChI=1S/C11H8O2S2.C11H6O2S2.6C4H9.2Sn/c2*1-5-14-9-7(1)11(12-3-4-13-11)8-2-6-15-10(8)9;6*1-3-4-2;;/h1-2,5-6H,3-4H2;1-2H,3-4H2;6*1,3-4H2,2H3;;. The van der Waals surface area contributed by atoms with Crippen molar-refractivity contribution in [2.24, 2.45) is 0 Å². The van der Waals surface area contributed by atoms with Crippen LogP contribution in [0.1, 0.15) is 141 Å². The van der Waals surface area contributed by atoms with Gasteiger partial charge in [0.2, 0.25) is 5.79 Å². The molecule has 4 aliphatic rings. The Bertz CT molecular complexity index is 1680. The molecule has 0 aromatic carbocycles. The van der Waals surface area contributed by atoms with Crippen molar-refractivity contribution in [3.8, 4) is 19.5 Å². The number of hydrogen-bond donors (Lipinski definition) is 0. The average Bonchev–Trinajstić information content (AvgIpc) is 4.07. The molecule has 4 aromatic rings. The fourth-order valence-electron chi connectivity index (χ4n) is 9.94. The Hall–Kier alpha value is 0.237. The molecule has 0 radical (unpaired) electrons. The molecule has 6 heterocycles. The maximum Gasteiger partial charge on any atom is 0.225 e. The Morgan fingerprint density at radius 1 is 0.446 bits per heavy atom. The predicted octanol–water partition coefficient (Wildman–Crippen LogP) is 14.2. The molecule has 2 fully saturated rings. The summed E-state index contributed by atoms with van der Waals surface area (Å²) in [5, 5.41) is 4.22. The molecule has 0 saturated carbocycles. The molecule has 0 atom stereocenters. The Morgan fingerprint density at radius 2 is 0.750 bits per heavy atom. The molecule has 308 valence electrons. The number of thiophene rings is 4. The molecule has 0 bridgehead atoms. The first kappa shape index (κ1) is 44.3. The summed E-state index contributed by atoms with van der Waals surface area (Å²) in [6, 6.07) is 9.60. The van der Waals surface area contributed by atoms with Crippen LogP contribution in [0.25, 0.3) is 19.5 Å². The van der Waals surface area contributed by atoms with Gasteiger partial charge in [-0.3, -0.25) is 0 Å². The first-order valence-corrected chi connectivity index (χ1v) is 40.8. The smallest absolute Gasteiger partial charge is 0.225 e. The second-order valence-corrected chi connectivity index (χ2v) is 49.1. The Balaban J connectivity index is 0.000000261. The van der Waals surface area contributed by atoms with Crippen LogP contribution in [0.4, 0.5) is 0 Å². The summed E-state index contributed by atoms with van der Waals surface area (Å²) < 4.78 is 38.1. The van der Waals surface area contributed by atoms with Gasteiger partial charge in [-0.05, 0) is 22.9 Å². The Labute approximate surface area is 363 Å². The third kappa shape index (κ3) is 8.28. The summed E-state index contributed by atoms with van der Waals surface area (Å²) in [7, 11) is 0. The number of rotatable bonds is 20. The fraction of sp³-hybridized carbons (Fsp3) is 0.652. The van der Waals surface area contributed by atoms with Crippen LogP contribution < -0.4 is 5.79 Å². The molecule has 56 heavy (non-hydrogen) atoms. The van der Waals surface area contributed by atoms with Gasteiger partial charge in [-0.2, -0.15) is 0 Å². The molecule has 2 spiro atoms. The van der Waals surface area contributed by atoms with Gasteiger partial charge in [-0.25, -0.2) is 0 Å². The van der Waals surface area contributed by atoms with Crippen molar-refractivity contribution in [2.45, 2.75) is 157 Å². The summed E-state index contributed by atoms with van der Waals surface area (Å²) in [6.07, 6.45) is 16.5. The predicted molar refractivity (Wildman–Crippen MR) is 250 cm³/mol. The van der Waals surface area contributed by atoms with E-state index in [9.17, 15) is 0 Å². The van der Waals surface area contributed by atoms with E-state index in [0.29, 0.717) is 13.2 Å². The Kier molecular flexibility index (Phi) is 15.8. The van der Waals surface area contributed by atoms with Crippen molar-refractivity contribution in [3.63, 3.8) is 0 Å². The maximum absolute atomic E-state index is 6.73. The SMILES string of the molecule is CCC[CH2][Sn]([CH2]CCC)([CH2]CCC)[c]1cc2c(s1)-c1s[c]([Sn]([CH2]CCC)([CH2]CCC)[CH2]CCC)cc1C21OCCO1.c1cc2c(s1)-c1sccc1C21OCCO1. The average molecular weight is 1050 g/mol.